The molecule has 20 heavy (non-hydrogen) atoms. The molecular weight excluding hydrogens is 272 g/mol. The maximum Gasteiger partial charge on any atom is 0.190 e. The van der Waals surface area contributed by atoms with Crippen molar-refractivity contribution in [1.29, 1.82) is 0 Å². The van der Waals surface area contributed by atoms with Crippen molar-refractivity contribution in [2.75, 3.05) is 7.11 Å². The fraction of sp³-hybridized carbons (Fsp3) is 0.438. The lowest BCUT2D eigenvalue weighted by Gasteiger charge is -2.21. The normalized spacial score (nSPS) is 26.9. The van der Waals surface area contributed by atoms with Gasteiger partial charge in [0.2, 0.25) is 0 Å². The Hall–Kier alpha value is -1.42. The Bertz CT molecular complexity index is 505. The lowest BCUT2D eigenvalue weighted by molar-refractivity contribution is 0.102. The summed E-state index contributed by atoms with van der Waals surface area (Å²) >= 11 is 1.72. The summed E-state index contributed by atoms with van der Waals surface area (Å²) < 4.78 is 11.0. The number of hydrogen-bond donors (Lipinski definition) is 0. The minimum absolute atomic E-state index is 0.00574. The largest absolute Gasteiger partial charge is 0.497 e. The van der Waals surface area contributed by atoms with E-state index in [1.54, 1.807) is 49.2 Å². The predicted molar refractivity (Wildman–Crippen MR) is 80.1 cm³/mol. The number of ether oxygens (including phenoxy) is 2. The Morgan fingerprint density at radius 1 is 1.30 bits per heavy atom. The Kier molecular flexibility index (Phi) is 4.01. The van der Waals surface area contributed by atoms with Crippen molar-refractivity contribution in [3.63, 3.8) is 0 Å². The van der Waals surface area contributed by atoms with Gasteiger partial charge in [-0.2, -0.15) is 0 Å². The maximum atomic E-state index is 12.2. The van der Waals surface area contributed by atoms with Gasteiger partial charge in [-0.1, -0.05) is 18.2 Å². The lowest BCUT2D eigenvalue weighted by Crippen LogP contribution is -2.23. The standard InChI is InChI=1S/C16H18O3S/c1-18-12-8-6-11(7-9-12)13(17)10-16-19-14-4-2-3-5-15(14)20-16/h6-10,14-15H,2-5H2,1H3/b16-10-/t14-,15-/m1/s1. The second-order valence-corrected chi connectivity index (χ2v) is 6.40. The van der Waals surface area contributed by atoms with Crippen LogP contribution in [0.2, 0.25) is 0 Å². The smallest absolute Gasteiger partial charge is 0.190 e. The van der Waals surface area contributed by atoms with Gasteiger partial charge in [-0.25, -0.2) is 0 Å². The van der Waals surface area contributed by atoms with Gasteiger partial charge in [-0.15, -0.1) is 0 Å². The third-order valence-electron chi connectivity index (χ3n) is 3.80. The molecule has 1 aromatic carbocycles. The summed E-state index contributed by atoms with van der Waals surface area (Å²) in [6.45, 7) is 0. The summed E-state index contributed by atoms with van der Waals surface area (Å²) in [6, 6.07) is 7.16. The molecule has 0 spiro atoms. The van der Waals surface area contributed by atoms with Crippen LogP contribution in [-0.2, 0) is 4.74 Å². The first kappa shape index (κ1) is 13.6. The molecule has 0 aromatic heterocycles. The highest BCUT2D eigenvalue weighted by molar-refractivity contribution is 8.03. The van der Waals surface area contributed by atoms with E-state index in [1.165, 1.54) is 19.3 Å². The van der Waals surface area contributed by atoms with Gasteiger partial charge in [0.15, 0.2) is 10.9 Å². The van der Waals surface area contributed by atoms with Crippen molar-refractivity contribution in [2.24, 2.45) is 0 Å². The highest BCUT2D eigenvalue weighted by atomic mass is 32.2. The van der Waals surface area contributed by atoms with Crippen LogP contribution in [0.25, 0.3) is 0 Å². The third kappa shape index (κ3) is 2.85. The molecule has 1 heterocycles. The maximum absolute atomic E-state index is 12.2. The average molecular weight is 290 g/mol. The first-order valence-corrected chi connectivity index (χ1v) is 7.87. The Morgan fingerprint density at radius 2 is 2.05 bits per heavy atom. The molecule has 1 saturated heterocycles. The molecule has 0 N–H and O–H groups in total. The second-order valence-electron chi connectivity index (χ2n) is 5.15. The van der Waals surface area contributed by atoms with E-state index in [-0.39, 0.29) is 5.78 Å². The molecule has 2 fully saturated rings. The van der Waals surface area contributed by atoms with Gasteiger partial charge in [0, 0.05) is 16.9 Å². The van der Waals surface area contributed by atoms with Crippen molar-refractivity contribution < 1.29 is 14.3 Å². The quantitative estimate of drug-likeness (QED) is 0.626. The average Bonchev–Trinajstić information content (AvgIpc) is 2.89. The van der Waals surface area contributed by atoms with Crippen LogP contribution >= 0.6 is 11.8 Å². The van der Waals surface area contributed by atoms with Gasteiger partial charge in [0.1, 0.15) is 11.9 Å². The molecule has 2 aliphatic rings. The number of ketones is 1. The van der Waals surface area contributed by atoms with Crippen LogP contribution in [0.1, 0.15) is 36.0 Å². The van der Waals surface area contributed by atoms with E-state index in [1.807, 2.05) is 0 Å². The molecule has 1 saturated carbocycles. The number of allylic oxidation sites excluding steroid dienone is 1. The molecule has 2 atom stereocenters. The van der Waals surface area contributed by atoms with Gasteiger partial charge < -0.3 is 9.47 Å². The van der Waals surface area contributed by atoms with Crippen LogP contribution in [-0.4, -0.2) is 24.2 Å². The van der Waals surface area contributed by atoms with Gasteiger partial charge >= 0.3 is 0 Å². The number of methoxy groups -OCH3 is 1. The lowest BCUT2D eigenvalue weighted by atomic mass is 9.97. The van der Waals surface area contributed by atoms with Crippen molar-refractivity contribution in [2.45, 2.75) is 37.0 Å². The van der Waals surface area contributed by atoms with Crippen LogP contribution in [0, 0.1) is 0 Å². The zero-order chi connectivity index (χ0) is 13.9. The summed E-state index contributed by atoms with van der Waals surface area (Å²) in [7, 11) is 1.61. The Balaban J connectivity index is 1.69. The summed E-state index contributed by atoms with van der Waals surface area (Å²) in [5, 5.41) is 1.32. The van der Waals surface area contributed by atoms with Crippen LogP contribution in [0.3, 0.4) is 0 Å². The molecule has 0 bridgehead atoms. The first-order valence-electron chi connectivity index (χ1n) is 6.99. The van der Waals surface area contributed by atoms with Crippen LogP contribution < -0.4 is 4.74 Å². The minimum atomic E-state index is -0.00574. The number of carbonyl (C=O) groups is 1. The van der Waals surface area contributed by atoms with E-state index in [2.05, 4.69) is 0 Å². The first-order chi connectivity index (χ1) is 9.76. The van der Waals surface area contributed by atoms with Gasteiger partial charge in [0.25, 0.3) is 0 Å². The zero-order valence-corrected chi connectivity index (χ0v) is 12.3. The fourth-order valence-corrected chi connectivity index (χ4v) is 3.95. The summed E-state index contributed by atoms with van der Waals surface area (Å²) in [4.78, 5) is 12.2. The van der Waals surface area contributed by atoms with E-state index < -0.39 is 0 Å². The van der Waals surface area contributed by atoms with Gasteiger partial charge in [-0.05, 0) is 43.5 Å². The number of fused-ring (bicyclic) bond motifs is 1. The number of benzene rings is 1. The highest BCUT2D eigenvalue weighted by Gasteiger charge is 2.35. The summed E-state index contributed by atoms with van der Waals surface area (Å²) in [5.74, 6) is 0.750. The van der Waals surface area contributed by atoms with Gasteiger partial charge in [-0.3, -0.25) is 4.79 Å². The molecule has 4 heteroatoms. The Morgan fingerprint density at radius 3 is 2.75 bits per heavy atom. The molecule has 0 amide bonds. The molecule has 1 aliphatic heterocycles. The van der Waals surface area contributed by atoms with Crippen molar-refractivity contribution in [3.05, 3.63) is 41.0 Å². The van der Waals surface area contributed by atoms with E-state index >= 15 is 0 Å². The number of rotatable bonds is 3. The Labute approximate surface area is 123 Å². The summed E-state index contributed by atoms with van der Waals surface area (Å²) in [5.41, 5.74) is 0.664. The van der Waals surface area contributed by atoms with E-state index in [4.69, 9.17) is 9.47 Å². The molecule has 3 nitrogen and oxygen atoms in total. The predicted octanol–water partition coefficient (Wildman–Crippen LogP) is 3.79. The summed E-state index contributed by atoms with van der Waals surface area (Å²) in [6.07, 6.45) is 6.77. The molecule has 1 aliphatic carbocycles. The molecule has 0 radical (unpaired) electrons. The zero-order valence-electron chi connectivity index (χ0n) is 11.5. The number of hydrogen-bond acceptors (Lipinski definition) is 4. The molecule has 3 rings (SSSR count). The highest BCUT2D eigenvalue weighted by Crippen LogP contribution is 2.43. The van der Waals surface area contributed by atoms with Crippen molar-refractivity contribution in [1.82, 2.24) is 0 Å². The number of carbonyl (C=O) groups excluding carboxylic acids is 1. The molecule has 0 unspecified atom stereocenters. The van der Waals surface area contributed by atoms with Crippen molar-refractivity contribution in [3.8, 4) is 5.75 Å². The number of thioether (sulfide) groups is 1. The van der Waals surface area contributed by atoms with Crippen LogP contribution in [0.15, 0.2) is 35.4 Å². The van der Waals surface area contributed by atoms with Crippen molar-refractivity contribution >= 4 is 17.5 Å². The molecular formula is C16H18O3S. The molecule has 1 aromatic rings. The molecule has 106 valence electrons. The fourth-order valence-electron chi connectivity index (χ4n) is 2.67. The monoisotopic (exact) mass is 290 g/mol. The van der Waals surface area contributed by atoms with Crippen LogP contribution in [0.5, 0.6) is 5.75 Å². The van der Waals surface area contributed by atoms with Gasteiger partial charge in [0.05, 0.1) is 7.11 Å². The van der Waals surface area contributed by atoms with E-state index in [0.717, 1.165) is 17.3 Å². The SMILES string of the molecule is COc1ccc(C(=O)/C=C2/O[C@@H]3CCCC[C@H]3S2)cc1. The minimum Gasteiger partial charge on any atom is -0.497 e. The topological polar surface area (TPSA) is 35.5 Å². The van der Waals surface area contributed by atoms with E-state index in [0.29, 0.717) is 16.9 Å². The van der Waals surface area contributed by atoms with Crippen LogP contribution in [0.4, 0.5) is 0 Å². The van der Waals surface area contributed by atoms with E-state index in [9.17, 15) is 4.79 Å². The second kappa shape index (κ2) is 5.92. The third-order valence-corrected chi connectivity index (χ3v) is 5.09.